The standard InChI is InChI=1S/C11H14BrCl2NO/c1-3-7(6-16-2)15-9-5-4-8(12)10(13)11(9)14/h4-5,7,15H,3,6H2,1-2H3. The van der Waals surface area contributed by atoms with Gasteiger partial charge in [0.2, 0.25) is 0 Å². The maximum atomic E-state index is 6.13. The molecule has 0 aromatic heterocycles. The van der Waals surface area contributed by atoms with Gasteiger partial charge in [-0.05, 0) is 34.5 Å². The van der Waals surface area contributed by atoms with E-state index in [2.05, 4.69) is 28.2 Å². The van der Waals surface area contributed by atoms with Gasteiger partial charge in [0.1, 0.15) is 0 Å². The van der Waals surface area contributed by atoms with Gasteiger partial charge in [0, 0.05) is 17.6 Å². The predicted molar refractivity (Wildman–Crippen MR) is 73.7 cm³/mol. The first-order chi connectivity index (χ1) is 7.60. The van der Waals surface area contributed by atoms with Crippen LogP contribution >= 0.6 is 39.1 Å². The van der Waals surface area contributed by atoms with E-state index in [4.69, 9.17) is 27.9 Å². The Morgan fingerprint density at radius 1 is 1.38 bits per heavy atom. The number of rotatable bonds is 5. The van der Waals surface area contributed by atoms with Crippen molar-refractivity contribution in [1.29, 1.82) is 0 Å². The average Bonchev–Trinajstić information content (AvgIpc) is 2.29. The quantitative estimate of drug-likeness (QED) is 0.799. The highest BCUT2D eigenvalue weighted by Gasteiger charge is 2.11. The van der Waals surface area contributed by atoms with Gasteiger partial charge < -0.3 is 10.1 Å². The van der Waals surface area contributed by atoms with Crippen molar-refractivity contribution in [3.63, 3.8) is 0 Å². The normalized spacial score (nSPS) is 12.6. The molecule has 0 aliphatic heterocycles. The van der Waals surface area contributed by atoms with E-state index in [1.165, 1.54) is 0 Å². The number of methoxy groups -OCH3 is 1. The molecular formula is C11H14BrCl2NO. The van der Waals surface area contributed by atoms with E-state index in [1.54, 1.807) is 7.11 Å². The summed E-state index contributed by atoms with van der Waals surface area (Å²) in [7, 11) is 1.68. The molecule has 90 valence electrons. The number of hydrogen-bond acceptors (Lipinski definition) is 2. The summed E-state index contributed by atoms with van der Waals surface area (Å²) in [4.78, 5) is 0. The highest BCUT2D eigenvalue weighted by molar-refractivity contribution is 9.10. The first-order valence-electron chi connectivity index (χ1n) is 4.99. The number of nitrogens with one attached hydrogen (secondary N) is 1. The molecule has 1 atom stereocenters. The lowest BCUT2D eigenvalue weighted by Gasteiger charge is -2.18. The topological polar surface area (TPSA) is 21.3 Å². The molecule has 1 aromatic carbocycles. The molecule has 0 fully saturated rings. The van der Waals surface area contributed by atoms with E-state index in [1.807, 2.05) is 12.1 Å². The fourth-order valence-electron chi connectivity index (χ4n) is 1.32. The van der Waals surface area contributed by atoms with E-state index in [9.17, 15) is 0 Å². The second-order valence-corrected chi connectivity index (χ2v) is 5.04. The molecule has 16 heavy (non-hydrogen) atoms. The summed E-state index contributed by atoms with van der Waals surface area (Å²) in [5.74, 6) is 0. The van der Waals surface area contributed by atoms with Gasteiger partial charge in [-0.25, -0.2) is 0 Å². The molecule has 2 nitrogen and oxygen atoms in total. The summed E-state index contributed by atoms with van der Waals surface area (Å²) in [5, 5.41) is 4.36. The van der Waals surface area contributed by atoms with Crippen molar-refractivity contribution in [2.45, 2.75) is 19.4 Å². The van der Waals surface area contributed by atoms with Crippen LogP contribution in [0.25, 0.3) is 0 Å². The van der Waals surface area contributed by atoms with Crippen molar-refractivity contribution in [3.05, 3.63) is 26.7 Å². The number of ether oxygens (including phenoxy) is 1. The molecule has 1 N–H and O–H groups in total. The maximum absolute atomic E-state index is 6.13. The summed E-state index contributed by atoms with van der Waals surface area (Å²) in [6.45, 7) is 2.73. The van der Waals surface area contributed by atoms with Crippen LogP contribution < -0.4 is 5.32 Å². The Labute approximate surface area is 114 Å². The molecule has 0 radical (unpaired) electrons. The van der Waals surface area contributed by atoms with Gasteiger partial charge in [-0.1, -0.05) is 30.1 Å². The second kappa shape index (κ2) is 6.70. The Bertz CT molecular complexity index is 360. The van der Waals surface area contributed by atoms with Crippen LogP contribution in [0.4, 0.5) is 5.69 Å². The third-order valence-electron chi connectivity index (χ3n) is 2.26. The van der Waals surface area contributed by atoms with E-state index >= 15 is 0 Å². The van der Waals surface area contributed by atoms with Crippen LogP contribution in [0.15, 0.2) is 16.6 Å². The number of benzene rings is 1. The van der Waals surface area contributed by atoms with Crippen LogP contribution in [-0.4, -0.2) is 19.8 Å². The van der Waals surface area contributed by atoms with E-state index < -0.39 is 0 Å². The third kappa shape index (κ3) is 3.52. The van der Waals surface area contributed by atoms with Crippen molar-refractivity contribution in [3.8, 4) is 0 Å². The SMILES string of the molecule is CCC(COC)Nc1ccc(Br)c(Cl)c1Cl. The minimum atomic E-state index is 0.236. The summed E-state index contributed by atoms with van der Waals surface area (Å²) in [6.07, 6.45) is 0.956. The van der Waals surface area contributed by atoms with Gasteiger partial charge in [0.15, 0.2) is 0 Å². The predicted octanol–water partition coefficient (Wildman–Crippen LogP) is 4.59. The lowest BCUT2D eigenvalue weighted by atomic mass is 10.2. The van der Waals surface area contributed by atoms with Crippen molar-refractivity contribution >= 4 is 44.8 Å². The molecule has 0 amide bonds. The molecular weight excluding hydrogens is 313 g/mol. The van der Waals surface area contributed by atoms with E-state index in [0.29, 0.717) is 16.7 Å². The van der Waals surface area contributed by atoms with Crippen molar-refractivity contribution in [2.75, 3.05) is 19.0 Å². The first kappa shape index (κ1) is 14.1. The van der Waals surface area contributed by atoms with Crippen molar-refractivity contribution < 1.29 is 4.74 Å². The minimum absolute atomic E-state index is 0.236. The zero-order valence-corrected chi connectivity index (χ0v) is 12.3. The highest BCUT2D eigenvalue weighted by atomic mass is 79.9. The monoisotopic (exact) mass is 325 g/mol. The van der Waals surface area contributed by atoms with Crippen LogP contribution in [0.3, 0.4) is 0 Å². The minimum Gasteiger partial charge on any atom is -0.383 e. The van der Waals surface area contributed by atoms with Crippen LogP contribution in [0.5, 0.6) is 0 Å². The first-order valence-corrected chi connectivity index (χ1v) is 6.54. The molecule has 1 rings (SSSR count). The molecule has 0 saturated carbocycles. The lowest BCUT2D eigenvalue weighted by molar-refractivity contribution is 0.184. The third-order valence-corrected chi connectivity index (χ3v) is 4.03. The molecule has 0 aliphatic rings. The number of anilines is 1. The van der Waals surface area contributed by atoms with Gasteiger partial charge in [-0.3, -0.25) is 0 Å². The molecule has 0 heterocycles. The number of hydrogen-bond donors (Lipinski definition) is 1. The van der Waals surface area contributed by atoms with Gasteiger partial charge in [0.25, 0.3) is 0 Å². The zero-order chi connectivity index (χ0) is 12.1. The summed E-state index contributed by atoms with van der Waals surface area (Å²) >= 11 is 15.5. The summed E-state index contributed by atoms with van der Waals surface area (Å²) in [5.41, 5.74) is 0.832. The fourth-order valence-corrected chi connectivity index (χ4v) is 2.15. The largest absolute Gasteiger partial charge is 0.383 e. The Hall–Kier alpha value is 0.0400. The number of halogens is 3. The van der Waals surface area contributed by atoms with Gasteiger partial charge in [-0.15, -0.1) is 0 Å². The van der Waals surface area contributed by atoms with Crippen LogP contribution in [0.1, 0.15) is 13.3 Å². The molecule has 0 spiro atoms. The molecule has 1 aromatic rings. The second-order valence-electron chi connectivity index (χ2n) is 3.43. The van der Waals surface area contributed by atoms with Gasteiger partial charge in [0.05, 0.1) is 22.3 Å². The highest BCUT2D eigenvalue weighted by Crippen LogP contribution is 2.36. The Morgan fingerprint density at radius 3 is 2.62 bits per heavy atom. The molecule has 0 bridgehead atoms. The van der Waals surface area contributed by atoms with Gasteiger partial charge >= 0.3 is 0 Å². The lowest BCUT2D eigenvalue weighted by Crippen LogP contribution is -2.24. The maximum Gasteiger partial charge on any atom is 0.0835 e. The fraction of sp³-hybridized carbons (Fsp3) is 0.455. The van der Waals surface area contributed by atoms with Crippen molar-refractivity contribution in [1.82, 2.24) is 0 Å². The van der Waals surface area contributed by atoms with Crippen LogP contribution in [0, 0.1) is 0 Å². The van der Waals surface area contributed by atoms with Crippen LogP contribution in [-0.2, 0) is 4.74 Å². The average molecular weight is 327 g/mol. The van der Waals surface area contributed by atoms with Crippen molar-refractivity contribution in [2.24, 2.45) is 0 Å². The van der Waals surface area contributed by atoms with E-state index in [-0.39, 0.29) is 6.04 Å². The molecule has 0 saturated heterocycles. The molecule has 1 unspecified atom stereocenters. The Morgan fingerprint density at radius 2 is 2.06 bits per heavy atom. The van der Waals surface area contributed by atoms with Crippen LogP contribution in [0.2, 0.25) is 10.0 Å². The van der Waals surface area contributed by atoms with Gasteiger partial charge in [-0.2, -0.15) is 0 Å². The Balaban J connectivity index is 2.84. The molecule has 0 aliphatic carbocycles. The zero-order valence-electron chi connectivity index (χ0n) is 9.19. The molecule has 5 heteroatoms. The van der Waals surface area contributed by atoms with E-state index in [0.717, 1.165) is 16.6 Å². The smallest absolute Gasteiger partial charge is 0.0835 e. The summed E-state index contributed by atoms with van der Waals surface area (Å²) in [6, 6.07) is 4.01. The Kier molecular flexibility index (Phi) is 5.90. The summed E-state index contributed by atoms with van der Waals surface area (Å²) < 4.78 is 5.91.